The van der Waals surface area contributed by atoms with E-state index < -0.39 is 0 Å². The number of ether oxygens (including phenoxy) is 1. The van der Waals surface area contributed by atoms with Crippen LogP contribution >= 0.6 is 0 Å². The van der Waals surface area contributed by atoms with Crippen molar-refractivity contribution in [1.29, 1.82) is 0 Å². The lowest BCUT2D eigenvalue weighted by Crippen LogP contribution is -2.02. The van der Waals surface area contributed by atoms with Crippen molar-refractivity contribution in [3.8, 4) is 5.75 Å². The molecule has 0 aliphatic rings. The van der Waals surface area contributed by atoms with Gasteiger partial charge in [0.25, 0.3) is 0 Å². The summed E-state index contributed by atoms with van der Waals surface area (Å²) in [5.74, 6) is 0.643. The van der Waals surface area contributed by atoms with Crippen molar-refractivity contribution in [2.24, 2.45) is 5.73 Å². The molecule has 100 valence electrons. The van der Waals surface area contributed by atoms with Crippen molar-refractivity contribution in [3.63, 3.8) is 0 Å². The summed E-state index contributed by atoms with van der Waals surface area (Å²) in [6, 6.07) is 10.4. The predicted octanol–water partition coefficient (Wildman–Crippen LogP) is 3.48. The molecule has 0 heterocycles. The first-order chi connectivity index (χ1) is 9.10. The molecule has 0 bridgehead atoms. The van der Waals surface area contributed by atoms with Gasteiger partial charge in [-0.2, -0.15) is 0 Å². The highest BCUT2D eigenvalue weighted by atomic mass is 19.1. The van der Waals surface area contributed by atoms with E-state index in [4.69, 9.17) is 10.5 Å². The van der Waals surface area contributed by atoms with Crippen molar-refractivity contribution in [1.82, 2.24) is 0 Å². The minimum absolute atomic E-state index is 0.233. The van der Waals surface area contributed by atoms with Gasteiger partial charge in [0.2, 0.25) is 0 Å². The Kier molecular flexibility index (Phi) is 4.17. The molecule has 0 aromatic heterocycles. The number of aryl methyl sites for hydroxylation is 2. The zero-order chi connectivity index (χ0) is 13.8. The van der Waals surface area contributed by atoms with E-state index in [9.17, 15) is 4.39 Å². The fourth-order valence-electron chi connectivity index (χ4n) is 2.12. The summed E-state index contributed by atoms with van der Waals surface area (Å²) in [7, 11) is 0. The monoisotopic (exact) mass is 259 g/mol. The zero-order valence-electron chi connectivity index (χ0n) is 11.2. The Hall–Kier alpha value is -1.87. The molecular weight excluding hydrogens is 241 g/mol. The van der Waals surface area contributed by atoms with Crippen molar-refractivity contribution >= 4 is 0 Å². The van der Waals surface area contributed by atoms with Crippen LogP contribution in [0.15, 0.2) is 36.4 Å². The van der Waals surface area contributed by atoms with E-state index in [2.05, 4.69) is 0 Å². The summed E-state index contributed by atoms with van der Waals surface area (Å²) in [4.78, 5) is 0. The number of rotatable bonds is 4. The first-order valence-corrected chi connectivity index (χ1v) is 6.27. The van der Waals surface area contributed by atoms with Gasteiger partial charge in [0.15, 0.2) is 0 Å². The lowest BCUT2D eigenvalue weighted by Gasteiger charge is -2.13. The molecule has 2 aromatic carbocycles. The molecule has 2 N–H and O–H groups in total. The van der Waals surface area contributed by atoms with Crippen LogP contribution in [0.2, 0.25) is 0 Å². The summed E-state index contributed by atoms with van der Waals surface area (Å²) in [6.07, 6.45) is 0. The molecule has 0 saturated heterocycles. The highest BCUT2D eigenvalue weighted by Crippen LogP contribution is 2.25. The van der Waals surface area contributed by atoms with Gasteiger partial charge < -0.3 is 10.5 Å². The van der Waals surface area contributed by atoms with Crippen LogP contribution in [0.3, 0.4) is 0 Å². The standard InChI is InChI=1S/C16H18FNO/c1-11-7-14(9-18)8-12(2)16(11)19-10-13-3-5-15(17)6-4-13/h3-8H,9-10,18H2,1-2H3. The van der Waals surface area contributed by atoms with E-state index in [0.717, 1.165) is 28.0 Å². The largest absolute Gasteiger partial charge is 0.488 e. The molecule has 2 rings (SSSR count). The summed E-state index contributed by atoms with van der Waals surface area (Å²) in [6.45, 7) is 4.97. The first kappa shape index (κ1) is 13.6. The van der Waals surface area contributed by atoms with Crippen LogP contribution in [0.1, 0.15) is 22.3 Å². The third kappa shape index (κ3) is 3.32. The van der Waals surface area contributed by atoms with Crippen LogP contribution in [-0.4, -0.2) is 0 Å². The maximum absolute atomic E-state index is 12.8. The maximum Gasteiger partial charge on any atom is 0.125 e. The van der Waals surface area contributed by atoms with Gasteiger partial charge in [-0.05, 0) is 48.2 Å². The Morgan fingerprint density at radius 1 is 1.00 bits per heavy atom. The Morgan fingerprint density at radius 2 is 1.58 bits per heavy atom. The molecule has 2 aromatic rings. The second-order valence-electron chi connectivity index (χ2n) is 4.68. The van der Waals surface area contributed by atoms with Crippen LogP contribution < -0.4 is 10.5 Å². The lowest BCUT2D eigenvalue weighted by atomic mass is 10.1. The molecule has 0 spiro atoms. The van der Waals surface area contributed by atoms with E-state index in [1.54, 1.807) is 12.1 Å². The van der Waals surface area contributed by atoms with Gasteiger partial charge in [0.1, 0.15) is 18.2 Å². The SMILES string of the molecule is Cc1cc(CN)cc(C)c1OCc1ccc(F)cc1. The molecule has 0 saturated carbocycles. The lowest BCUT2D eigenvalue weighted by molar-refractivity contribution is 0.301. The van der Waals surface area contributed by atoms with Gasteiger partial charge in [-0.1, -0.05) is 24.3 Å². The quantitative estimate of drug-likeness (QED) is 0.912. The van der Waals surface area contributed by atoms with Crippen LogP contribution in [0.4, 0.5) is 4.39 Å². The normalized spacial score (nSPS) is 10.5. The van der Waals surface area contributed by atoms with E-state index >= 15 is 0 Å². The minimum Gasteiger partial charge on any atom is -0.488 e. The van der Waals surface area contributed by atoms with Crippen molar-refractivity contribution < 1.29 is 9.13 Å². The average molecular weight is 259 g/mol. The van der Waals surface area contributed by atoms with E-state index in [-0.39, 0.29) is 5.82 Å². The Balaban J connectivity index is 2.13. The Bertz CT molecular complexity index is 540. The summed E-state index contributed by atoms with van der Waals surface area (Å²) in [5.41, 5.74) is 9.83. The number of hydrogen-bond donors (Lipinski definition) is 1. The van der Waals surface area contributed by atoms with Gasteiger partial charge in [-0.3, -0.25) is 0 Å². The van der Waals surface area contributed by atoms with Gasteiger partial charge in [0, 0.05) is 6.54 Å². The van der Waals surface area contributed by atoms with Crippen molar-refractivity contribution in [2.75, 3.05) is 0 Å². The maximum atomic E-state index is 12.8. The topological polar surface area (TPSA) is 35.2 Å². The Morgan fingerprint density at radius 3 is 2.11 bits per heavy atom. The number of halogens is 1. The average Bonchev–Trinajstić information content (AvgIpc) is 2.39. The molecule has 0 aliphatic carbocycles. The molecule has 3 heteroatoms. The molecule has 0 unspecified atom stereocenters. The van der Waals surface area contributed by atoms with E-state index in [0.29, 0.717) is 13.2 Å². The zero-order valence-corrected chi connectivity index (χ0v) is 11.2. The molecule has 0 radical (unpaired) electrons. The molecule has 0 amide bonds. The number of nitrogens with two attached hydrogens (primary N) is 1. The summed E-state index contributed by atoms with van der Waals surface area (Å²) in [5, 5.41) is 0. The van der Waals surface area contributed by atoms with E-state index in [1.807, 2.05) is 26.0 Å². The van der Waals surface area contributed by atoms with E-state index in [1.165, 1.54) is 12.1 Å². The van der Waals surface area contributed by atoms with Crippen molar-refractivity contribution in [2.45, 2.75) is 27.0 Å². The summed E-state index contributed by atoms with van der Waals surface area (Å²) >= 11 is 0. The van der Waals surface area contributed by atoms with Crippen LogP contribution in [0.25, 0.3) is 0 Å². The predicted molar refractivity (Wildman–Crippen MR) is 74.5 cm³/mol. The second-order valence-corrected chi connectivity index (χ2v) is 4.68. The molecular formula is C16H18FNO. The number of hydrogen-bond acceptors (Lipinski definition) is 2. The fourth-order valence-corrected chi connectivity index (χ4v) is 2.12. The molecule has 0 atom stereocenters. The van der Waals surface area contributed by atoms with Crippen molar-refractivity contribution in [3.05, 3.63) is 64.5 Å². The van der Waals surface area contributed by atoms with Crippen LogP contribution in [0, 0.1) is 19.7 Å². The smallest absolute Gasteiger partial charge is 0.125 e. The summed E-state index contributed by atoms with van der Waals surface area (Å²) < 4.78 is 18.6. The highest BCUT2D eigenvalue weighted by molar-refractivity contribution is 5.43. The van der Waals surface area contributed by atoms with Gasteiger partial charge in [-0.25, -0.2) is 4.39 Å². The highest BCUT2D eigenvalue weighted by Gasteiger charge is 2.06. The minimum atomic E-state index is -0.233. The third-order valence-electron chi connectivity index (χ3n) is 3.05. The molecule has 0 aliphatic heterocycles. The van der Waals surface area contributed by atoms with Gasteiger partial charge in [0.05, 0.1) is 0 Å². The van der Waals surface area contributed by atoms with Gasteiger partial charge >= 0.3 is 0 Å². The van der Waals surface area contributed by atoms with Gasteiger partial charge in [-0.15, -0.1) is 0 Å². The second kappa shape index (κ2) is 5.85. The van der Waals surface area contributed by atoms with Crippen LogP contribution in [0.5, 0.6) is 5.75 Å². The Labute approximate surface area is 113 Å². The molecule has 2 nitrogen and oxygen atoms in total. The molecule has 0 fully saturated rings. The third-order valence-corrected chi connectivity index (χ3v) is 3.05. The van der Waals surface area contributed by atoms with Crippen LogP contribution in [-0.2, 0) is 13.2 Å². The fraction of sp³-hybridized carbons (Fsp3) is 0.250. The number of benzene rings is 2. The molecule has 19 heavy (non-hydrogen) atoms. The first-order valence-electron chi connectivity index (χ1n) is 6.27.